The Morgan fingerprint density at radius 3 is 1.30 bits per heavy atom. The van der Waals surface area contributed by atoms with Gasteiger partial charge < -0.3 is 10.6 Å². The Labute approximate surface area is 333 Å². The molecule has 0 bridgehead atoms. The predicted molar refractivity (Wildman–Crippen MR) is 222 cm³/mol. The molecule has 6 aromatic rings. The van der Waals surface area contributed by atoms with Gasteiger partial charge in [0.15, 0.2) is 0 Å². The Hall–Kier alpha value is -5.68. The molecular weight excluding hydrogens is 727 g/mol. The molecule has 0 aliphatic heterocycles. The summed E-state index contributed by atoms with van der Waals surface area (Å²) in [7, 11) is 0. The van der Waals surface area contributed by atoms with Gasteiger partial charge in [-0.15, -0.1) is 0 Å². The van der Waals surface area contributed by atoms with E-state index in [0.29, 0.717) is 38.9 Å². The van der Waals surface area contributed by atoms with Crippen molar-refractivity contribution in [1.82, 2.24) is 40.2 Å². The third-order valence-corrected chi connectivity index (χ3v) is 8.53. The molecule has 0 spiro atoms. The van der Waals surface area contributed by atoms with Gasteiger partial charge in [-0.2, -0.15) is 10.2 Å². The lowest BCUT2D eigenvalue weighted by Crippen LogP contribution is -2.40. The maximum absolute atomic E-state index is 13.3. The molecule has 10 nitrogen and oxygen atoms in total. The lowest BCUT2D eigenvalue weighted by molar-refractivity contribution is 0.0910. The molecule has 4 aromatic heterocycles. The van der Waals surface area contributed by atoms with Crippen molar-refractivity contribution >= 4 is 23.4 Å². The number of amides is 2. The molecule has 0 fully saturated rings. The first kappa shape index (κ1) is 41.5. The van der Waals surface area contributed by atoms with E-state index in [1.165, 1.54) is 12.1 Å². The van der Waals surface area contributed by atoms with Crippen molar-refractivity contribution < 1.29 is 14.0 Å². The van der Waals surface area contributed by atoms with Gasteiger partial charge in [0.1, 0.15) is 5.82 Å². The summed E-state index contributed by atoms with van der Waals surface area (Å²) >= 11 is 6.03. The maximum atomic E-state index is 13.3. The molecule has 0 aliphatic rings. The summed E-state index contributed by atoms with van der Waals surface area (Å²) in [5, 5.41) is 15.4. The standard InChI is InChI=1S/C22H25ClN4O.C22H25FN4O/c2*1-14(2)27-20(10-11-24-27)19-13-16(21(28)26-22(3,4)5)12-18(25-19)15-6-8-17(23)9-7-15/h2*6-14H,1-5H3,(H,26,28). The van der Waals surface area contributed by atoms with Crippen LogP contribution in [0.15, 0.2) is 97.3 Å². The summed E-state index contributed by atoms with van der Waals surface area (Å²) in [4.78, 5) is 35.2. The minimum Gasteiger partial charge on any atom is -0.347 e. The third kappa shape index (κ3) is 10.8. The second-order valence-corrected chi connectivity index (χ2v) is 16.6. The minimum atomic E-state index is -0.365. The number of carbonyl (C=O) groups excluding carboxylic acids is 2. The predicted octanol–water partition coefficient (Wildman–Crippen LogP) is 10.2. The van der Waals surface area contributed by atoms with Crippen molar-refractivity contribution in [3.63, 3.8) is 0 Å². The first-order chi connectivity index (χ1) is 26.3. The zero-order chi connectivity index (χ0) is 40.9. The molecule has 2 aromatic carbocycles. The van der Waals surface area contributed by atoms with Gasteiger partial charge in [0.2, 0.25) is 0 Å². The van der Waals surface area contributed by atoms with Gasteiger partial charge in [-0.3, -0.25) is 19.0 Å². The highest BCUT2D eigenvalue weighted by Gasteiger charge is 2.21. The van der Waals surface area contributed by atoms with Gasteiger partial charge in [0, 0.05) is 62.8 Å². The summed E-state index contributed by atoms with van der Waals surface area (Å²) in [6.45, 7) is 19.9. The normalized spacial score (nSPS) is 11.7. The van der Waals surface area contributed by atoms with Crippen LogP contribution in [0.2, 0.25) is 5.02 Å². The Balaban J connectivity index is 0.000000214. The van der Waals surface area contributed by atoms with Crippen LogP contribution in [-0.2, 0) is 0 Å². The molecular formula is C44H50ClFN8O2. The van der Waals surface area contributed by atoms with E-state index in [0.717, 1.165) is 22.5 Å². The van der Waals surface area contributed by atoms with Crippen LogP contribution in [0.3, 0.4) is 0 Å². The molecule has 6 rings (SSSR count). The Kier molecular flexibility index (Phi) is 12.6. The Bertz CT molecular complexity index is 2130. The van der Waals surface area contributed by atoms with Gasteiger partial charge in [0.05, 0.1) is 34.2 Å². The quantitative estimate of drug-likeness (QED) is 0.159. The molecule has 2 amide bonds. The van der Waals surface area contributed by atoms with Crippen LogP contribution >= 0.6 is 11.6 Å². The van der Waals surface area contributed by atoms with Crippen LogP contribution in [0.1, 0.15) is 102 Å². The second-order valence-electron chi connectivity index (χ2n) is 16.2. The van der Waals surface area contributed by atoms with E-state index in [9.17, 15) is 14.0 Å². The molecule has 0 unspecified atom stereocenters. The number of nitrogens with zero attached hydrogens (tertiary/aromatic N) is 6. The van der Waals surface area contributed by atoms with E-state index in [-0.39, 0.29) is 40.8 Å². The number of nitrogens with one attached hydrogen (secondary N) is 2. The van der Waals surface area contributed by atoms with Crippen molar-refractivity contribution in [2.75, 3.05) is 0 Å². The highest BCUT2D eigenvalue weighted by atomic mass is 35.5. The Morgan fingerprint density at radius 2 is 0.946 bits per heavy atom. The topological polar surface area (TPSA) is 120 Å². The molecule has 12 heteroatoms. The van der Waals surface area contributed by atoms with E-state index < -0.39 is 0 Å². The van der Waals surface area contributed by atoms with Crippen molar-refractivity contribution in [2.45, 2.75) is 92.4 Å². The fourth-order valence-electron chi connectivity index (χ4n) is 5.81. The molecule has 0 saturated carbocycles. The molecule has 292 valence electrons. The smallest absolute Gasteiger partial charge is 0.251 e. The van der Waals surface area contributed by atoms with Crippen LogP contribution in [0.5, 0.6) is 0 Å². The monoisotopic (exact) mass is 776 g/mol. The zero-order valence-corrected chi connectivity index (χ0v) is 34.4. The van der Waals surface area contributed by atoms with Gasteiger partial charge in [0.25, 0.3) is 11.8 Å². The molecule has 0 saturated heterocycles. The van der Waals surface area contributed by atoms with Crippen LogP contribution in [0.25, 0.3) is 45.3 Å². The van der Waals surface area contributed by atoms with Crippen LogP contribution < -0.4 is 10.6 Å². The van der Waals surface area contributed by atoms with E-state index in [1.54, 1.807) is 36.7 Å². The zero-order valence-electron chi connectivity index (χ0n) is 33.6. The number of hydrogen-bond donors (Lipinski definition) is 2. The van der Waals surface area contributed by atoms with E-state index in [1.807, 2.05) is 113 Å². The van der Waals surface area contributed by atoms with Crippen molar-refractivity contribution in [3.8, 4) is 45.3 Å². The Morgan fingerprint density at radius 1 is 0.589 bits per heavy atom. The van der Waals surface area contributed by atoms with Gasteiger partial charge >= 0.3 is 0 Å². The summed E-state index contributed by atoms with van der Waals surface area (Å²) in [5.74, 6) is -0.638. The molecule has 0 aliphatic carbocycles. The number of halogens is 2. The lowest BCUT2D eigenvalue weighted by Gasteiger charge is -2.21. The number of pyridine rings is 2. The lowest BCUT2D eigenvalue weighted by atomic mass is 10.0. The van der Waals surface area contributed by atoms with E-state index in [4.69, 9.17) is 21.6 Å². The van der Waals surface area contributed by atoms with E-state index in [2.05, 4.69) is 34.7 Å². The molecule has 4 heterocycles. The van der Waals surface area contributed by atoms with Crippen molar-refractivity contribution in [3.05, 3.63) is 119 Å². The number of hydrogen-bond acceptors (Lipinski definition) is 6. The molecule has 56 heavy (non-hydrogen) atoms. The van der Waals surface area contributed by atoms with Gasteiger partial charge in [-0.25, -0.2) is 14.4 Å². The average molecular weight is 777 g/mol. The largest absolute Gasteiger partial charge is 0.347 e. The number of rotatable bonds is 8. The maximum Gasteiger partial charge on any atom is 0.251 e. The summed E-state index contributed by atoms with van der Waals surface area (Å²) in [5.41, 5.74) is 6.35. The van der Waals surface area contributed by atoms with Crippen LogP contribution in [0, 0.1) is 5.82 Å². The van der Waals surface area contributed by atoms with Gasteiger partial charge in [-0.1, -0.05) is 23.7 Å². The first-order valence-corrected chi connectivity index (χ1v) is 18.9. The summed E-state index contributed by atoms with van der Waals surface area (Å²) < 4.78 is 17.1. The van der Waals surface area contributed by atoms with Crippen molar-refractivity contribution in [1.29, 1.82) is 0 Å². The van der Waals surface area contributed by atoms with Crippen molar-refractivity contribution in [2.24, 2.45) is 0 Å². The fraction of sp³-hybridized carbons (Fsp3) is 0.318. The number of benzene rings is 2. The minimum absolute atomic E-state index is 0.137. The van der Waals surface area contributed by atoms with Crippen LogP contribution in [0.4, 0.5) is 4.39 Å². The van der Waals surface area contributed by atoms with Gasteiger partial charge in [-0.05, 0) is 142 Å². The molecule has 2 N–H and O–H groups in total. The third-order valence-electron chi connectivity index (χ3n) is 8.28. The van der Waals surface area contributed by atoms with E-state index >= 15 is 0 Å². The SMILES string of the molecule is CC(C)n1nccc1-c1cc(C(=O)NC(C)(C)C)cc(-c2ccc(Cl)cc2)n1.CC(C)n1nccc1-c1cc(C(=O)NC(C)(C)C)cc(-c2ccc(F)cc2)n1. The molecule has 0 atom stereocenters. The average Bonchev–Trinajstić information content (AvgIpc) is 3.82. The highest BCUT2D eigenvalue weighted by molar-refractivity contribution is 6.30. The molecule has 0 radical (unpaired) electrons. The first-order valence-electron chi connectivity index (χ1n) is 18.6. The van der Waals surface area contributed by atoms with Crippen LogP contribution in [-0.4, -0.2) is 52.4 Å². The fourth-order valence-corrected chi connectivity index (χ4v) is 5.93. The highest BCUT2D eigenvalue weighted by Crippen LogP contribution is 2.29. The summed E-state index contributed by atoms with van der Waals surface area (Å²) in [6.07, 6.45) is 3.47. The summed E-state index contributed by atoms with van der Waals surface area (Å²) in [6, 6.07) is 24.8. The number of carbonyl (C=O) groups is 2. The number of aromatic nitrogens is 6. The second kappa shape index (κ2) is 17.0.